The first-order valence-corrected chi connectivity index (χ1v) is 7.19. The van der Waals surface area contributed by atoms with Crippen LogP contribution in [-0.4, -0.2) is 59.7 Å². The van der Waals surface area contributed by atoms with Gasteiger partial charge in [0, 0.05) is 32.7 Å². The average Bonchev–Trinajstić information content (AvgIpc) is 2.43. The third-order valence-corrected chi connectivity index (χ3v) is 3.78. The highest BCUT2D eigenvalue weighted by atomic mass is 19.1. The molecule has 0 amide bonds. The highest BCUT2D eigenvalue weighted by Gasteiger charge is 2.21. The van der Waals surface area contributed by atoms with E-state index in [9.17, 15) is 14.4 Å². The smallest absolute Gasteiger partial charge is 0.423 e. The van der Waals surface area contributed by atoms with E-state index in [2.05, 4.69) is 16.7 Å². The average molecular weight is 280 g/mol. The molecule has 0 spiro atoms. The molecule has 1 aromatic carbocycles. The quantitative estimate of drug-likeness (QED) is 0.747. The van der Waals surface area contributed by atoms with Crippen molar-refractivity contribution in [3.05, 3.63) is 29.6 Å². The van der Waals surface area contributed by atoms with E-state index in [1.54, 1.807) is 6.07 Å². The van der Waals surface area contributed by atoms with Crippen LogP contribution in [0, 0.1) is 5.82 Å². The molecule has 0 aliphatic carbocycles. The summed E-state index contributed by atoms with van der Waals surface area (Å²) in [5, 5.41) is 18.7. The van der Waals surface area contributed by atoms with Gasteiger partial charge in [-0.15, -0.1) is 0 Å². The predicted octanol–water partition coefficient (Wildman–Crippen LogP) is 0.0331. The van der Waals surface area contributed by atoms with Crippen LogP contribution in [0.2, 0.25) is 0 Å². The maximum absolute atomic E-state index is 13.2. The summed E-state index contributed by atoms with van der Waals surface area (Å²) in [6.07, 6.45) is 1.17. The van der Waals surface area contributed by atoms with E-state index in [0.717, 1.165) is 38.3 Å². The molecule has 1 saturated heterocycles. The van der Waals surface area contributed by atoms with E-state index < -0.39 is 12.9 Å². The number of piperazine rings is 1. The third kappa shape index (κ3) is 4.02. The Labute approximate surface area is 120 Å². The topological polar surface area (TPSA) is 46.9 Å². The maximum atomic E-state index is 13.2. The minimum absolute atomic E-state index is 0.265. The normalized spacial score (nSPS) is 17.4. The number of nitrogens with zero attached hydrogens (tertiary/aromatic N) is 2. The molecule has 0 aromatic heterocycles. The molecule has 0 unspecified atom stereocenters. The molecule has 110 valence electrons. The van der Waals surface area contributed by atoms with Gasteiger partial charge in [-0.25, -0.2) is 4.39 Å². The second-order valence-corrected chi connectivity index (χ2v) is 5.33. The Kier molecular flexibility index (Phi) is 5.54. The zero-order valence-electron chi connectivity index (χ0n) is 11.9. The summed E-state index contributed by atoms with van der Waals surface area (Å²) in [5.74, 6) is -0.440. The minimum Gasteiger partial charge on any atom is -0.423 e. The van der Waals surface area contributed by atoms with Crippen LogP contribution in [-0.2, 0) is 6.54 Å². The fourth-order valence-corrected chi connectivity index (χ4v) is 2.68. The van der Waals surface area contributed by atoms with Gasteiger partial charge in [0.1, 0.15) is 5.82 Å². The molecular formula is C14H22BFN2O2. The Hall–Kier alpha value is -0.945. The Morgan fingerprint density at radius 3 is 2.40 bits per heavy atom. The molecule has 0 atom stereocenters. The van der Waals surface area contributed by atoms with Gasteiger partial charge in [0.15, 0.2) is 0 Å². The third-order valence-electron chi connectivity index (χ3n) is 3.78. The van der Waals surface area contributed by atoms with Crippen LogP contribution in [0.5, 0.6) is 0 Å². The summed E-state index contributed by atoms with van der Waals surface area (Å²) in [4.78, 5) is 4.70. The molecule has 0 saturated carbocycles. The predicted molar refractivity (Wildman–Crippen MR) is 78.2 cm³/mol. The van der Waals surface area contributed by atoms with Crippen LogP contribution in [0.1, 0.15) is 18.9 Å². The van der Waals surface area contributed by atoms with Gasteiger partial charge >= 0.3 is 7.12 Å². The van der Waals surface area contributed by atoms with E-state index in [-0.39, 0.29) is 5.46 Å². The van der Waals surface area contributed by atoms with Crippen molar-refractivity contribution < 1.29 is 14.4 Å². The summed E-state index contributed by atoms with van der Waals surface area (Å²) in [6.45, 7) is 7.92. The molecule has 6 heteroatoms. The van der Waals surface area contributed by atoms with Crippen molar-refractivity contribution in [3.8, 4) is 0 Å². The standard InChI is InChI=1S/C14H22BFN2O2/c1-2-5-17-6-8-18(9-7-17)11-12-3-4-13(16)10-14(12)15(19)20/h3-4,10,19-20H,2,5-9,11H2,1H3. The maximum Gasteiger partial charge on any atom is 0.488 e. The number of rotatable bonds is 5. The lowest BCUT2D eigenvalue weighted by Crippen LogP contribution is -2.47. The van der Waals surface area contributed by atoms with Crippen LogP contribution in [0.3, 0.4) is 0 Å². The fraction of sp³-hybridized carbons (Fsp3) is 0.571. The highest BCUT2D eigenvalue weighted by Crippen LogP contribution is 2.09. The van der Waals surface area contributed by atoms with Crippen molar-refractivity contribution in [2.24, 2.45) is 0 Å². The monoisotopic (exact) mass is 280 g/mol. The van der Waals surface area contributed by atoms with E-state index in [4.69, 9.17) is 0 Å². The first kappa shape index (κ1) is 15.4. The number of halogens is 1. The van der Waals surface area contributed by atoms with Crippen LogP contribution < -0.4 is 5.46 Å². The molecule has 1 aromatic rings. The SMILES string of the molecule is CCCN1CCN(Cc2ccc(F)cc2B(O)O)CC1. The molecule has 1 aliphatic heterocycles. The van der Waals surface area contributed by atoms with Gasteiger partial charge in [0.05, 0.1) is 0 Å². The lowest BCUT2D eigenvalue weighted by molar-refractivity contribution is 0.127. The summed E-state index contributed by atoms with van der Waals surface area (Å²) in [7, 11) is -1.62. The number of benzene rings is 1. The molecule has 1 aliphatic rings. The van der Waals surface area contributed by atoms with Gasteiger partial charge in [-0.3, -0.25) is 4.90 Å². The summed E-state index contributed by atoms with van der Waals surface area (Å²) in [6, 6.07) is 4.21. The van der Waals surface area contributed by atoms with Crippen LogP contribution in [0.25, 0.3) is 0 Å². The van der Waals surface area contributed by atoms with Crippen molar-refractivity contribution in [3.63, 3.8) is 0 Å². The molecule has 2 rings (SSSR count). The minimum atomic E-state index is -1.62. The van der Waals surface area contributed by atoms with Gasteiger partial charge in [0.25, 0.3) is 0 Å². The van der Waals surface area contributed by atoms with Crippen LogP contribution in [0.4, 0.5) is 4.39 Å². The van der Waals surface area contributed by atoms with Gasteiger partial charge in [0.2, 0.25) is 0 Å². The largest absolute Gasteiger partial charge is 0.488 e. The fourth-order valence-electron chi connectivity index (χ4n) is 2.68. The van der Waals surface area contributed by atoms with Crippen molar-refractivity contribution in [2.45, 2.75) is 19.9 Å². The van der Waals surface area contributed by atoms with Crippen molar-refractivity contribution in [1.29, 1.82) is 0 Å². The van der Waals surface area contributed by atoms with E-state index in [0.29, 0.717) is 6.54 Å². The first-order chi connectivity index (χ1) is 9.60. The van der Waals surface area contributed by atoms with Gasteiger partial charge < -0.3 is 14.9 Å². The molecule has 4 nitrogen and oxygen atoms in total. The lowest BCUT2D eigenvalue weighted by Gasteiger charge is -2.34. The molecule has 1 heterocycles. The van der Waals surface area contributed by atoms with Gasteiger partial charge in [-0.2, -0.15) is 0 Å². The number of hydrogen-bond acceptors (Lipinski definition) is 4. The molecule has 0 radical (unpaired) electrons. The number of hydrogen-bond donors (Lipinski definition) is 2. The van der Waals surface area contributed by atoms with E-state index >= 15 is 0 Å². The summed E-state index contributed by atoms with van der Waals surface area (Å²) in [5.41, 5.74) is 1.05. The molecule has 2 N–H and O–H groups in total. The molecule has 20 heavy (non-hydrogen) atoms. The Morgan fingerprint density at radius 2 is 1.80 bits per heavy atom. The lowest BCUT2D eigenvalue weighted by atomic mass is 9.77. The Morgan fingerprint density at radius 1 is 1.15 bits per heavy atom. The highest BCUT2D eigenvalue weighted by molar-refractivity contribution is 6.59. The summed E-state index contributed by atoms with van der Waals surface area (Å²) >= 11 is 0. The van der Waals surface area contributed by atoms with Crippen molar-refractivity contribution in [1.82, 2.24) is 9.80 Å². The zero-order valence-corrected chi connectivity index (χ0v) is 11.9. The van der Waals surface area contributed by atoms with Gasteiger partial charge in [-0.05, 0) is 36.1 Å². The van der Waals surface area contributed by atoms with Crippen molar-refractivity contribution in [2.75, 3.05) is 32.7 Å². The molecule has 0 bridgehead atoms. The van der Waals surface area contributed by atoms with Crippen molar-refractivity contribution >= 4 is 12.6 Å². The van der Waals surface area contributed by atoms with E-state index in [1.807, 2.05) is 0 Å². The first-order valence-electron chi connectivity index (χ1n) is 7.19. The zero-order chi connectivity index (χ0) is 14.5. The second-order valence-electron chi connectivity index (χ2n) is 5.33. The van der Waals surface area contributed by atoms with Crippen LogP contribution >= 0.6 is 0 Å². The Balaban J connectivity index is 1.97. The second kappa shape index (κ2) is 7.17. The van der Waals surface area contributed by atoms with E-state index in [1.165, 1.54) is 18.6 Å². The summed E-state index contributed by atoms with van der Waals surface area (Å²) < 4.78 is 13.2. The van der Waals surface area contributed by atoms with Crippen LogP contribution in [0.15, 0.2) is 18.2 Å². The Bertz CT molecular complexity index is 437. The van der Waals surface area contributed by atoms with Gasteiger partial charge in [-0.1, -0.05) is 13.0 Å². The molecular weight excluding hydrogens is 258 g/mol. The molecule has 1 fully saturated rings.